The summed E-state index contributed by atoms with van der Waals surface area (Å²) >= 11 is 0. The number of carbonyl (C=O) groups excluding carboxylic acids is 3. The van der Waals surface area contributed by atoms with E-state index in [0.29, 0.717) is 5.56 Å². The summed E-state index contributed by atoms with van der Waals surface area (Å²) in [7, 11) is 1.18. The largest absolute Gasteiger partial charge is 0.465 e. The van der Waals surface area contributed by atoms with Crippen molar-refractivity contribution in [2.75, 3.05) is 7.11 Å². The highest BCUT2D eigenvalue weighted by molar-refractivity contribution is 6.04. The van der Waals surface area contributed by atoms with Gasteiger partial charge in [-0.25, -0.2) is 14.0 Å². The number of amides is 3. The van der Waals surface area contributed by atoms with E-state index in [1.54, 1.807) is 0 Å². The maximum Gasteiger partial charge on any atom is 0.338 e. The summed E-state index contributed by atoms with van der Waals surface area (Å²) < 4.78 is 17.9. The number of carbonyl (C=O) groups is 3. The molecule has 0 unspecified atom stereocenters. The second-order valence-corrected chi connectivity index (χ2v) is 5.39. The number of esters is 1. The van der Waals surface area contributed by atoms with Gasteiger partial charge in [0.15, 0.2) is 0 Å². The molecule has 0 saturated carbocycles. The van der Waals surface area contributed by atoms with Crippen molar-refractivity contribution >= 4 is 17.9 Å². The molecular weight excluding hydrogens is 291 g/mol. The van der Waals surface area contributed by atoms with Gasteiger partial charge in [-0.1, -0.05) is 19.9 Å². The minimum absolute atomic E-state index is 0.00361. The smallest absolute Gasteiger partial charge is 0.338 e. The van der Waals surface area contributed by atoms with Gasteiger partial charge < -0.3 is 10.1 Å². The third-order valence-electron chi connectivity index (χ3n) is 3.53. The van der Waals surface area contributed by atoms with E-state index in [1.807, 2.05) is 13.8 Å². The zero-order valence-electron chi connectivity index (χ0n) is 12.6. The number of hydrogen-bond acceptors (Lipinski definition) is 4. The van der Waals surface area contributed by atoms with Crippen LogP contribution in [0.2, 0.25) is 0 Å². The Hall–Kier alpha value is -2.44. The van der Waals surface area contributed by atoms with Crippen LogP contribution in [0.25, 0.3) is 0 Å². The van der Waals surface area contributed by atoms with E-state index in [2.05, 4.69) is 10.1 Å². The van der Waals surface area contributed by atoms with E-state index in [0.717, 1.165) is 11.0 Å². The van der Waals surface area contributed by atoms with Crippen molar-refractivity contribution in [1.82, 2.24) is 10.2 Å². The van der Waals surface area contributed by atoms with Gasteiger partial charge in [0.25, 0.3) is 5.91 Å². The highest BCUT2D eigenvalue weighted by Crippen LogP contribution is 2.20. The average Bonchev–Trinajstić information content (AvgIpc) is 2.76. The fraction of sp³-hybridized carbons (Fsp3) is 0.400. The normalized spacial score (nSPS) is 17.9. The molecule has 0 aromatic heterocycles. The SMILES string of the molecule is COC(=O)c1cc(F)ccc1CN1C(=O)N[C@H](C(C)C)C1=O. The van der Waals surface area contributed by atoms with Gasteiger partial charge in [0.2, 0.25) is 0 Å². The minimum atomic E-state index is -0.720. The quantitative estimate of drug-likeness (QED) is 0.678. The summed E-state index contributed by atoms with van der Waals surface area (Å²) in [5.74, 6) is -1.72. The first-order chi connectivity index (χ1) is 10.3. The van der Waals surface area contributed by atoms with E-state index in [9.17, 15) is 18.8 Å². The van der Waals surface area contributed by atoms with Crippen molar-refractivity contribution in [3.05, 3.63) is 35.1 Å². The highest BCUT2D eigenvalue weighted by atomic mass is 19.1. The molecular formula is C15H17FN2O4. The molecule has 6 nitrogen and oxygen atoms in total. The van der Waals surface area contributed by atoms with E-state index in [-0.39, 0.29) is 23.9 Å². The molecule has 0 spiro atoms. The Kier molecular flexibility index (Phi) is 4.44. The summed E-state index contributed by atoms with van der Waals surface area (Å²) in [4.78, 5) is 36.9. The first-order valence-electron chi connectivity index (χ1n) is 6.83. The van der Waals surface area contributed by atoms with Crippen LogP contribution < -0.4 is 5.32 Å². The number of methoxy groups -OCH3 is 1. The zero-order chi connectivity index (χ0) is 16.4. The Morgan fingerprint density at radius 3 is 2.64 bits per heavy atom. The fourth-order valence-electron chi connectivity index (χ4n) is 2.30. The van der Waals surface area contributed by atoms with Crippen LogP contribution in [0.4, 0.5) is 9.18 Å². The molecule has 1 aliphatic rings. The van der Waals surface area contributed by atoms with Gasteiger partial charge in [-0.05, 0) is 23.6 Å². The third-order valence-corrected chi connectivity index (χ3v) is 3.53. The molecule has 1 atom stereocenters. The lowest BCUT2D eigenvalue weighted by atomic mass is 10.0. The van der Waals surface area contributed by atoms with Crippen LogP contribution in [0.15, 0.2) is 18.2 Å². The number of imide groups is 1. The van der Waals surface area contributed by atoms with Gasteiger partial charge in [0.05, 0.1) is 19.2 Å². The predicted octanol–water partition coefficient (Wildman–Crippen LogP) is 1.69. The molecule has 1 aromatic rings. The van der Waals surface area contributed by atoms with Gasteiger partial charge in [-0.15, -0.1) is 0 Å². The van der Waals surface area contributed by atoms with Crippen molar-refractivity contribution in [3.63, 3.8) is 0 Å². The van der Waals surface area contributed by atoms with Crippen LogP contribution in [0.3, 0.4) is 0 Å². The lowest BCUT2D eigenvalue weighted by molar-refractivity contribution is -0.128. The number of hydrogen-bond donors (Lipinski definition) is 1. The number of nitrogens with one attached hydrogen (secondary N) is 1. The van der Waals surface area contributed by atoms with Crippen LogP contribution in [0, 0.1) is 11.7 Å². The maximum atomic E-state index is 13.3. The van der Waals surface area contributed by atoms with E-state index < -0.39 is 23.9 Å². The van der Waals surface area contributed by atoms with E-state index in [4.69, 9.17) is 0 Å². The molecule has 1 fully saturated rings. The Bertz CT molecular complexity index is 630. The summed E-state index contributed by atoms with van der Waals surface area (Å²) in [5, 5.41) is 2.59. The third kappa shape index (κ3) is 2.93. The summed E-state index contributed by atoms with van der Waals surface area (Å²) in [6.07, 6.45) is 0. The second kappa shape index (κ2) is 6.13. The molecule has 1 saturated heterocycles. The molecule has 1 N–H and O–H groups in total. The number of benzene rings is 1. The predicted molar refractivity (Wildman–Crippen MR) is 75.4 cm³/mol. The van der Waals surface area contributed by atoms with E-state index >= 15 is 0 Å². The topological polar surface area (TPSA) is 75.7 Å². The molecule has 7 heteroatoms. The number of nitrogens with zero attached hydrogens (tertiary/aromatic N) is 1. The zero-order valence-corrected chi connectivity index (χ0v) is 12.6. The first kappa shape index (κ1) is 15.9. The maximum absolute atomic E-state index is 13.3. The average molecular weight is 308 g/mol. The van der Waals surface area contributed by atoms with E-state index in [1.165, 1.54) is 19.2 Å². The fourth-order valence-corrected chi connectivity index (χ4v) is 2.30. The van der Waals surface area contributed by atoms with Gasteiger partial charge in [0.1, 0.15) is 11.9 Å². The molecule has 0 bridgehead atoms. The van der Waals surface area contributed by atoms with Crippen LogP contribution in [0.1, 0.15) is 29.8 Å². The number of urea groups is 1. The standard InChI is InChI=1S/C15H17FN2O4/c1-8(2)12-13(19)18(15(21)17-12)7-9-4-5-10(16)6-11(9)14(20)22-3/h4-6,8,12H,7H2,1-3H3,(H,17,21)/t12-/m1/s1. The monoisotopic (exact) mass is 308 g/mol. The molecule has 118 valence electrons. The Morgan fingerprint density at radius 1 is 1.41 bits per heavy atom. The first-order valence-corrected chi connectivity index (χ1v) is 6.83. The molecule has 1 heterocycles. The van der Waals surface area contributed by atoms with Gasteiger partial charge in [0, 0.05) is 0 Å². The summed E-state index contributed by atoms with van der Waals surface area (Å²) in [6, 6.07) is 2.45. The van der Waals surface area contributed by atoms with Gasteiger partial charge in [-0.2, -0.15) is 0 Å². The van der Waals surface area contributed by atoms with Crippen LogP contribution in [-0.4, -0.2) is 36.0 Å². The molecule has 0 aliphatic carbocycles. The minimum Gasteiger partial charge on any atom is -0.465 e. The van der Waals surface area contributed by atoms with Crippen LogP contribution in [0.5, 0.6) is 0 Å². The second-order valence-electron chi connectivity index (χ2n) is 5.39. The van der Waals surface area contributed by atoms with Crippen molar-refractivity contribution in [2.45, 2.75) is 26.4 Å². The van der Waals surface area contributed by atoms with Crippen molar-refractivity contribution in [1.29, 1.82) is 0 Å². The van der Waals surface area contributed by atoms with Gasteiger partial charge in [-0.3, -0.25) is 9.69 Å². The van der Waals surface area contributed by atoms with Crippen LogP contribution >= 0.6 is 0 Å². The van der Waals surface area contributed by atoms with Crippen molar-refractivity contribution < 1.29 is 23.5 Å². The Morgan fingerprint density at radius 2 is 2.09 bits per heavy atom. The van der Waals surface area contributed by atoms with Crippen molar-refractivity contribution in [2.24, 2.45) is 5.92 Å². The summed E-state index contributed by atoms with van der Waals surface area (Å²) in [6.45, 7) is 3.53. The highest BCUT2D eigenvalue weighted by Gasteiger charge is 2.39. The lowest BCUT2D eigenvalue weighted by Gasteiger charge is -2.16. The Labute approximate surface area is 127 Å². The Balaban J connectivity index is 2.29. The lowest BCUT2D eigenvalue weighted by Crippen LogP contribution is -2.34. The molecule has 22 heavy (non-hydrogen) atoms. The van der Waals surface area contributed by atoms with Gasteiger partial charge >= 0.3 is 12.0 Å². The molecule has 0 radical (unpaired) electrons. The summed E-state index contributed by atoms with van der Waals surface area (Å²) in [5.41, 5.74) is 0.345. The molecule has 3 amide bonds. The molecule has 2 rings (SSSR count). The molecule has 1 aliphatic heterocycles. The number of ether oxygens (including phenoxy) is 1. The molecule has 1 aromatic carbocycles. The van der Waals surface area contributed by atoms with Crippen LogP contribution in [-0.2, 0) is 16.1 Å². The van der Waals surface area contributed by atoms with Crippen molar-refractivity contribution in [3.8, 4) is 0 Å². The number of rotatable bonds is 4. The number of halogens is 1.